The first kappa shape index (κ1) is 13.9. The molecule has 1 N–H and O–H groups in total. The molecular weight excluding hydrogens is 241 g/mol. The summed E-state index contributed by atoms with van der Waals surface area (Å²) in [5.74, 6) is 0. The molecule has 2 nitrogen and oxygen atoms in total. The van der Waals surface area contributed by atoms with Crippen molar-refractivity contribution in [2.75, 3.05) is 19.6 Å². The van der Waals surface area contributed by atoms with Gasteiger partial charge in [0.1, 0.15) is 0 Å². The lowest BCUT2D eigenvalue weighted by molar-refractivity contribution is -0.148. The molecule has 0 aromatic carbocycles. The molecule has 1 unspecified atom stereocenters. The zero-order valence-electron chi connectivity index (χ0n) is 10.5. The fourth-order valence-electron chi connectivity index (χ4n) is 2.79. The maximum Gasteiger partial charge on any atom is 0.401 e. The molecule has 0 spiro atoms. The highest BCUT2D eigenvalue weighted by atomic mass is 19.4. The van der Waals surface area contributed by atoms with E-state index in [9.17, 15) is 13.2 Å². The van der Waals surface area contributed by atoms with Crippen molar-refractivity contribution in [1.29, 1.82) is 0 Å². The normalized spacial score (nSPS) is 27.6. The molecule has 18 heavy (non-hydrogen) atoms. The maximum atomic E-state index is 12.2. The summed E-state index contributed by atoms with van der Waals surface area (Å²) in [4.78, 5) is 1.51. The van der Waals surface area contributed by atoms with Gasteiger partial charge in [0.2, 0.25) is 0 Å². The second kappa shape index (κ2) is 6.06. The van der Waals surface area contributed by atoms with E-state index in [0.717, 1.165) is 32.1 Å². The van der Waals surface area contributed by atoms with Crippen molar-refractivity contribution in [2.24, 2.45) is 0 Å². The van der Waals surface area contributed by atoms with Gasteiger partial charge in [-0.25, -0.2) is 0 Å². The molecule has 0 aromatic heterocycles. The molecule has 1 aliphatic carbocycles. The predicted octanol–water partition coefficient (Wildman–Crippen LogP) is 2.71. The molecule has 0 aromatic rings. The van der Waals surface area contributed by atoms with Crippen LogP contribution in [-0.2, 0) is 0 Å². The number of halogens is 3. The predicted molar refractivity (Wildman–Crippen MR) is 65.4 cm³/mol. The molecule has 0 bridgehead atoms. The van der Waals surface area contributed by atoms with E-state index in [1.807, 2.05) is 0 Å². The van der Waals surface area contributed by atoms with Gasteiger partial charge in [-0.15, -0.1) is 0 Å². The van der Waals surface area contributed by atoms with E-state index in [1.165, 1.54) is 4.90 Å². The number of hydrogen-bond donors (Lipinski definition) is 1. The lowest BCUT2D eigenvalue weighted by Crippen LogP contribution is -2.48. The second-order valence-corrected chi connectivity index (χ2v) is 5.31. The lowest BCUT2D eigenvalue weighted by atomic mass is 9.98. The molecule has 0 radical (unpaired) electrons. The number of piperidine rings is 1. The number of nitrogens with one attached hydrogen (secondary N) is 1. The van der Waals surface area contributed by atoms with Crippen molar-refractivity contribution < 1.29 is 13.2 Å². The Morgan fingerprint density at radius 2 is 1.78 bits per heavy atom. The van der Waals surface area contributed by atoms with Gasteiger partial charge in [0.15, 0.2) is 0 Å². The van der Waals surface area contributed by atoms with Crippen molar-refractivity contribution in [1.82, 2.24) is 10.2 Å². The zero-order chi connectivity index (χ0) is 13.0. The van der Waals surface area contributed by atoms with Crippen LogP contribution in [0.3, 0.4) is 0 Å². The number of hydrogen-bond acceptors (Lipinski definition) is 2. The van der Waals surface area contributed by atoms with Crippen molar-refractivity contribution in [2.45, 2.75) is 50.4 Å². The quantitative estimate of drug-likeness (QED) is 0.787. The monoisotopic (exact) mass is 262 g/mol. The Hall–Kier alpha value is -0.550. The number of nitrogens with zero attached hydrogens (tertiary/aromatic N) is 1. The summed E-state index contributed by atoms with van der Waals surface area (Å²) < 4.78 is 36.7. The Kier molecular flexibility index (Phi) is 4.67. The third-order valence-electron chi connectivity index (χ3n) is 3.73. The van der Waals surface area contributed by atoms with Gasteiger partial charge in [0.25, 0.3) is 0 Å². The average Bonchev–Trinajstić information content (AvgIpc) is 2.31. The summed E-state index contributed by atoms with van der Waals surface area (Å²) in [7, 11) is 0. The van der Waals surface area contributed by atoms with Gasteiger partial charge in [0.05, 0.1) is 6.54 Å². The van der Waals surface area contributed by atoms with Gasteiger partial charge in [-0.2, -0.15) is 13.2 Å². The topological polar surface area (TPSA) is 15.3 Å². The lowest BCUT2D eigenvalue weighted by Gasteiger charge is -2.35. The molecule has 2 rings (SSSR count). The largest absolute Gasteiger partial charge is 0.401 e. The van der Waals surface area contributed by atoms with Gasteiger partial charge in [0, 0.05) is 12.1 Å². The van der Waals surface area contributed by atoms with Crippen LogP contribution in [0.15, 0.2) is 12.2 Å². The van der Waals surface area contributed by atoms with Gasteiger partial charge in [-0.3, -0.25) is 4.90 Å². The molecule has 2 aliphatic rings. The molecule has 1 saturated heterocycles. The van der Waals surface area contributed by atoms with Crippen LogP contribution in [-0.4, -0.2) is 42.8 Å². The minimum Gasteiger partial charge on any atom is -0.311 e. The fourth-order valence-corrected chi connectivity index (χ4v) is 2.79. The summed E-state index contributed by atoms with van der Waals surface area (Å²) in [6.45, 7) is 0.353. The number of likely N-dealkylation sites (tertiary alicyclic amines) is 1. The molecule has 104 valence electrons. The number of rotatable bonds is 3. The van der Waals surface area contributed by atoms with E-state index >= 15 is 0 Å². The molecule has 0 amide bonds. The molecule has 1 heterocycles. The van der Waals surface area contributed by atoms with E-state index in [2.05, 4.69) is 17.5 Å². The SMILES string of the molecule is FC(F)(F)CN1CCC(NC2CC=CCC2)CC1. The van der Waals surface area contributed by atoms with E-state index in [-0.39, 0.29) is 0 Å². The van der Waals surface area contributed by atoms with Crippen LogP contribution in [0.4, 0.5) is 13.2 Å². The summed E-state index contributed by atoms with van der Waals surface area (Å²) in [6, 6.07) is 0.917. The first-order chi connectivity index (χ1) is 8.53. The summed E-state index contributed by atoms with van der Waals surface area (Å²) >= 11 is 0. The Bertz CT molecular complexity index is 280. The van der Waals surface area contributed by atoms with Crippen LogP contribution in [0.5, 0.6) is 0 Å². The minimum absolute atomic E-state index is 0.394. The highest BCUT2D eigenvalue weighted by Crippen LogP contribution is 2.21. The Labute approximate surface area is 106 Å². The van der Waals surface area contributed by atoms with E-state index in [4.69, 9.17) is 0 Å². The summed E-state index contributed by atoms with van der Waals surface area (Å²) in [5, 5.41) is 3.58. The van der Waals surface area contributed by atoms with Crippen molar-refractivity contribution in [3.05, 3.63) is 12.2 Å². The van der Waals surface area contributed by atoms with E-state index < -0.39 is 12.7 Å². The van der Waals surface area contributed by atoms with E-state index in [1.54, 1.807) is 0 Å². The van der Waals surface area contributed by atoms with Gasteiger partial charge in [-0.1, -0.05) is 12.2 Å². The second-order valence-electron chi connectivity index (χ2n) is 5.31. The molecule has 5 heteroatoms. The number of allylic oxidation sites excluding steroid dienone is 1. The molecular formula is C13H21F3N2. The van der Waals surface area contributed by atoms with Crippen LogP contribution in [0.2, 0.25) is 0 Å². The van der Waals surface area contributed by atoms with Gasteiger partial charge < -0.3 is 5.32 Å². The third-order valence-corrected chi connectivity index (χ3v) is 3.73. The standard InChI is InChI=1S/C13H21F3N2/c14-13(15,16)10-18-8-6-12(7-9-18)17-11-4-2-1-3-5-11/h1-2,11-12,17H,3-10H2. The molecule has 1 fully saturated rings. The summed E-state index contributed by atoms with van der Waals surface area (Å²) in [5.41, 5.74) is 0. The smallest absolute Gasteiger partial charge is 0.311 e. The van der Waals surface area contributed by atoms with Crippen molar-refractivity contribution in [3.63, 3.8) is 0 Å². The molecule has 0 saturated carbocycles. The molecule has 1 atom stereocenters. The average molecular weight is 262 g/mol. The fraction of sp³-hybridized carbons (Fsp3) is 0.846. The first-order valence-corrected chi connectivity index (χ1v) is 6.73. The van der Waals surface area contributed by atoms with Gasteiger partial charge in [-0.05, 0) is 45.2 Å². The zero-order valence-corrected chi connectivity index (χ0v) is 10.5. The van der Waals surface area contributed by atoms with Crippen LogP contribution >= 0.6 is 0 Å². The minimum atomic E-state index is -4.06. The van der Waals surface area contributed by atoms with Crippen LogP contribution in [0.1, 0.15) is 32.1 Å². The van der Waals surface area contributed by atoms with Gasteiger partial charge >= 0.3 is 6.18 Å². The van der Waals surface area contributed by atoms with Crippen LogP contribution < -0.4 is 5.32 Å². The van der Waals surface area contributed by atoms with Crippen molar-refractivity contribution >= 4 is 0 Å². The summed E-state index contributed by atoms with van der Waals surface area (Å²) in [6.07, 6.45) is 5.32. The first-order valence-electron chi connectivity index (χ1n) is 6.73. The van der Waals surface area contributed by atoms with Crippen molar-refractivity contribution in [3.8, 4) is 0 Å². The Morgan fingerprint density at radius 1 is 1.06 bits per heavy atom. The Balaban J connectivity index is 1.68. The number of alkyl halides is 3. The van der Waals surface area contributed by atoms with Crippen LogP contribution in [0, 0.1) is 0 Å². The maximum absolute atomic E-state index is 12.2. The molecule has 1 aliphatic heterocycles. The Morgan fingerprint density at radius 3 is 2.33 bits per heavy atom. The van der Waals surface area contributed by atoms with Crippen LogP contribution in [0.25, 0.3) is 0 Å². The highest BCUT2D eigenvalue weighted by Gasteiger charge is 2.32. The highest BCUT2D eigenvalue weighted by molar-refractivity contribution is 4.94. The van der Waals surface area contributed by atoms with E-state index in [0.29, 0.717) is 25.2 Å². The third kappa shape index (κ3) is 4.61.